The highest BCUT2D eigenvalue weighted by molar-refractivity contribution is 9.08. The van der Waals surface area contributed by atoms with Crippen LogP contribution < -0.4 is 0 Å². The Kier molecular flexibility index (Phi) is 3.42. The van der Waals surface area contributed by atoms with Crippen molar-refractivity contribution in [1.29, 1.82) is 0 Å². The van der Waals surface area contributed by atoms with E-state index in [4.69, 9.17) is 11.6 Å². The molecular weight excluding hydrogens is 300 g/mol. The number of fused-ring (bicyclic) bond motifs is 1. The van der Waals surface area contributed by atoms with Gasteiger partial charge in [0, 0.05) is 20.3 Å². The molecule has 74 valence electrons. The number of hydrogen-bond donors (Lipinski definition) is 0. The second-order valence-corrected chi connectivity index (χ2v) is 5.90. The summed E-state index contributed by atoms with van der Waals surface area (Å²) in [5.74, 6) is 0. The van der Waals surface area contributed by atoms with Crippen molar-refractivity contribution in [2.24, 2.45) is 0 Å². The summed E-state index contributed by atoms with van der Waals surface area (Å²) in [5.41, 5.74) is 1.29. The van der Waals surface area contributed by atoms with Crippen molar-refractivity contribution < 1.29 is 0 Å². The van der Waals surface area contributed by atoms with Crippen LogP contribution in [0.1, 0.15) is 5.56 Å². The molecule has 0 N–H and O–H groups in total. The Hall–Kier alpha value is 0.300. The fraction of sp³-hybridized carbons (Fsp3) is 0.200. The predicted molar refractivity (Wildman–Crippen MR) is 71.2 cm³/mol. The van der Waals surface area contributed by atoms with Gasteiger partial charge in [0.15, 0.2) is 0 Å². The highest BCUT2D eigenvalue weighted by Crippen LogP contribution is 2.41. The lowest BCUT2D eigenvalue weighted by Crippen LogP contribution is -1.75. The Balaban J connectivity index is 2.71. The molecule has 0 saturated carbocycles. The Morgan fingerprint density at radius 2 is 2.29 bits per heavy atom. The lowest BCUT2D eigenvalue weighted by molar-refractivity contribution is 1.46. The van der Waals surface area contributed by atoms with Crippen LogP contribution in [-0.2, 0) is 5.33 Å². The van der Waals surface area contributed by atoms with Gasteiger partial charge in [-0.05, 0) is 24.0 Å². The largest absolute Gasteiger partial charge is 0.127 e. The van der Waals surface area contributed by atoms with Gasteiger partial charge in [-0.1, -0.05) is 33.6 Å². The van der Waals surface area contributed by atoms with Gasteiger partial charge >= 0.3 is 0 Å². The van der Waals surface area contributed by atoms with Crippen LogP contribution in [0.4, 0.5) is 0 Å². The number of hydrogen-bond acceptors (Lipinski definition) is 2. The smallest absolute Gasteiger partial charge is 0.108 e. The molecule has 1 aromatic heterocycles. The maximum absolute atomic E-state index is 6.15. The second-order valence-electron chi connectivity index (χ2n) is 2.87. The van der Waals surface area contributed by atoms with E-state index in [9.17, 15) is 0 Å². The number of alkyl halides is 1. The van der Waals surface area contributed by atoms with E-state index in [0.717, 1.165) is 9.67 Å². The van der Waals surface area contributed by atoms with Crippen LogP contribution in [-0.4, -0.2) is 6.26 Å². The van der Waals surface area contributed by atoms with Crippen molar-refractivity contribution in [1.82, 2.24) is 0 Å². The van der Waals surface area contributed by atoms with Crippen LogP contribution in [0.25, 0.3) is 10.1 Å². The summed E-state index contributed by atoms with van der Waals surface area (Å²) in [6, 6.07) is 6.48. The molecular formula is C10H8BrClS2. The van der Waals surface area contributed by atoms with Crippen molar-refractivity contribution in [3.05, 3.63) is 28.1 Å². The van der Waals surface area contributed by atoms with E-state index in [0.29, 0.717) is 0 Å². The highest BCUT2D eigenvalue weighted by atomic mass is 79.9. The zero-order valence-corrected chi connectivity index (χ0v) is 11.5. The van der Waals surface area contributed by atoms with E-state index in [1.54, 1.807) is 23.1 Å². The van der Waals surface area contributed by atoms with Gasteiger partial charge in [0.05, 0.1) is 0 Å². The molecule has 1 aromatic carbocycles. The van der Waals surface area contributed by atoms with E-state index in [1.807, 2.05) is 0 Å². The fourth-order valence-corrected chi connectivity index (χ4v) is 4.09. The summed E-state index contributed by atoms with van der Waals surface area (Å²) in [5, 5.41) is 2.17. The lowest BCUT2D eigenvalue weighted by Gasteiger charge is -1.97. The van der Waals surface area contributed by atoms with Gasteiger partial charge in [-0.25, -0.2) is 0 Å². The average Bonchev–Trinajstić information content (AvgIpc) is 2.52. The van der Waals surface area contributed by atoms with Crippen LogP contribution in [0.15, 0.2) is 23.1 Å². The van der Waals surface area contributed by atoms with E-state index in [-0.39, 0.29) is 0 Å². The molecule has 0 aliphatic carbocycles. The molecule has 0 aliphatic rings. The first-order valence-electron chi connectivity index (χ1n) is 4.07. The molecule has 0 bridgehead atoms. The molecule has 1 heterocycles. The zero-order chi connectivity index (χ0) is 10.1. The minimum atomic E-state index is 0.893. The quantitative estimate of drug-likeness (QED) is 0.545. The molecule has 0 unspecified atom stereocenters. The third-order valence-corrected chi connectivity index (χ3v) is 5.13. The fourth-order valence-electron chi connectivity index (χ4n) is 1.37. The van der Waals surface area contributed by atoms with Crippen LogP contribution in [0.5, 0.6) is 0 Å². The van der Waals surface area contributed by atoms with Gasteiger partial charge in [-0.3, -0.25) is 0 Å². The minimum absolute atomic E-state index is 0.893. The molecule has 2 rings (SSSR count). The van der Waals surface area contributed by atoms with Crippen LogP contribution >= 0.6 is 50.6 Å². The summed E-state index contributed by atoms with van der Waals surface area (Å²) in [6.45, 7) is 0. The molecule has 0 amide bonds. The number of thioether (sulfide) groups is 1. The van der Waals surface area contributed by atoms with Crippen LogP contribution in [0.2, 0.25) is 4.34 Å². The molecule has 14 heavy (non-hydrogen) atoms. The molecule has 0 fully saturated rings. The molecule has 2 aromatic rings. The van der Waals surface area contributed by atoms with Gasteiger partial charge in [-0.2, -0.15) is 0 Å². The summed E-state index contributed by atoms with van der Waals surface area (Å²) < 4.78 is 2.17. The Morgan fingerprint density at radius 3 is 2.93 bits per heavy atom. The molecule has 0 aliphatic heterocycles. The van der Waals surface area contributed by atoms with E-state index in [2.05, 4.69) is 40.4 Å². The van der Waals surface area contributed by atoms with Crippen molar-refractivity contribution in [3.8, 4) is 0 Å². The van der Waals surface area contributed by atoms with Gasteiger partial charge in [0.1, 0.15) is 4.34 Å². The standard InChI is InChI=1S/C10H8BrClS2/c1-13-9-7-4-6(5-11)2-3-8(7)14-10(9)12/h2-4H,5H2,1H3. The van der Waals surface area contributed by atoms with Gasteiger partial charge in [-0.15, -0.1) is 23.1 Å². The van der Waals surface area contributed by atoms with Crippen molar-refractivity contribution in [3.63, 3.8) is 0 Å². The maximum Gasteiger partial charge on any atom is 0.108 e. The molecule has 0 nitrogen and oxygen atoms in total. The number of halogens is 2. The summed E-state index contributed by atoms with van der Waals surface area (Å²) in [7, 11) is 0. The number of thiophene rings is 1. The normalized spacial score (nSPS) is 11.1. The Morgan fingerprint density at radius 1 is 1.50 bits per heavy atom. The zero-order valence-electron chi connectivity index (χ0n) is 7.51. The average molecular weight is 308 g/mol. The van der Waals surface area contributed by atoms with Gasteiger partial charge in [0.25, 0.3) is 0 Å². The summed E-state index contributed by atoms with van der Waals surface area (Å²) >= 11 is 13.0. The van der Waals surface area contributed by atoms with Gasteiger partial charge < -0.3 is 0 Å². The van der Waals surface area contributed by atoms with Crippen molar-refractivity contribution >= 4 is 60.7 Å². The minimum Gasteiger partial charge on any atom is -0.127 e. The third kappa shape index (κ3) is 1.83. The first-order chi connectivity index (χ1) is 6.76. The summed E-state index contributed by atoms with van der Waals surface area (Å²) in [6.07, 6.45) is 2.06. The van der Waals surface area contributed by atoms with E-state index in [1.165, 1.54) is 20.5 Å². The second kappa shape index (κ2) is 4.44. The molecule has 0 radical (unpaired) electrons. The molecule has 0 spiro atoms. The highest BCUT2D eigenvalue weighted by Gasteiger charge is 2.09. The predicted octanol–water partition coefficient (Wildman–Crippen LogP) is 5.17. The third-order valence-electron chi connectivity index (χ3n) is 2.03. The molecule has 0 saturated heterocycles. The van der Waals surface area contributed by atoms with Crippen LogP contribution in [0.3, 0.4) is 0 Å². The Labute approximate surface area is 105 Å². The molecule has 0 atom stereocenters. The summed E-state index contributed by atoms with van der Waals surface area (Å²) in [4.78, 5) is 1.20. The number of benzene rings is 1. The van der Waals surface area contributed by atoms with E-state index >= 15 is 0 Å². The van der Waals surface area contributed by atoms with Crippen molar-refractivity contribution in [2.75, 3.05) is 6.26 Å². The van der Waals surface area contributed by atoms with Crippen LogP contribution in [0, 0.1) is 0 Å². The van der Waals surface area contributed by atoms with Gasteiger partial charge in [0.2, 0.25) is 0 Å². The topological polar surface area (TPSA) is 0 Å². The number of rotatable bonds is 2. The Bertz CT molecular complexity index is 464. The molecule has 4 heteroatoms. The monoisotopic (exact) mass is 306 g/mol. The lowest BCUT2D eigenvalue weighted by atomic mass is 10.2. The maximum atomic E-state index is 6.15. The SMILES string of the molecule is CSc1c(Cl)sc2ccc(CBr)cc12. The first kappa shape index (κ1) is 10.8. The van der Waals surface area contributed by atoms with E-state index < -0.39 is 0 Å². The first-order valence-corrected chi connectivity index (χ1v) is 7.61. The van der Waals surface area contributed by atoms with Crippen molar-refractivity contribution in [2.45, 2.75) is 10.2 Å².